The molecule has 0 fully saturated rings. The summed E-state index contributed by atoms with van der Waals surface area (Å²) in [5.41, 5.74) is 1.44. The average Bonchev–Trinajstić information content (AvgIpc) is 2.73. The highest BCUT2D eigenvalue weighted by Crippen LogP contribution is 2.26. The van der Waals surface area contributed by atoms with Gasteiger partial charge in [0, 0.05) is 26.3 Å². The summed E-state index contributed by atoms with van der Waals surface area (Å²) in [4.78, 5) is 24.7. The molecule has 2 rings (SSSR count). The van der Waals surface area contributed by atoms with E-state index in [1.54, 1.807) is 42.5 Å². The van der Waals surface area contributed by atoms with Crippen molar-refractivity contribution in [1.29, 1.82) is 0 Å². The summed E-state index contributed by atoms with van der Waals surface area (Å²) < 4.78 is 9.79. The summed E-state index contributed by atoms with van der Waals surface area (Å²) in [5, 5.41) is 17.9. The van der Waals surface area contributed by atoms with Gasteiger partial charge in [-0.15, -0.1) is 0 Å². The Morgan fingerprint density at radius 1 is 1.14 bits per heavy atom. The van der Waals surface area contributed by atoms with Crippen LogP contribution in [0.2, 0.25) is 0 Å². The van der Waals surface area contributed by atoms with Crippen LogP contribution in [0.5, 0.6) is 11.5 Å². The first-order chi connectivity index (χ1) is 14.0. The SMILES string of the molecule is CO[B]NCCNC(=O)c1ccccc1NC(=O)/C=C/c1ccc(O)c(OC)c1. The maximum absolute atomic E-state index is 12.4. The van der Waals surface area contributed by atoms with Crippen LogP contribution in [-0.4, -0.2) is 51.8 Å². The van der Waals surface area contributed by atoms with Crippen LogP contribution in [0.4, 0.5) is 5.69 Å². The fraction of sp³-hybridized carbons (Fsp3) is 0.200. The van der Waals surface area contributed by atoms with Gasteiger partial charge in [0.2, 0.25) is 5.91 Å². The molecule has 0 bridgehead atoms. The number of methoxy groups -OCH3 is 1. The van der Waals surface area contributed by atoms with Gasteiger partial charge in [-0.2, -0.15) is 0 Å². The first kappa shape index (κ1) is 22.0. The molecule has 1 radical (unpaired) electrons. The van der Waals surface area contributed by atoms with E-state index in [4.69, 9.17) is 9.39 Å². The van der Waals surface area contributed by atoms with Gasteiger partial charge in [0.25, 0.3) is 5.91 Å². The third kappa shape index (κ3) is 6.98. The average molecular weight is 396 g/mol. The Balaban J connectivity index is 1.99. The second-order valence-corrected chi connectivity index (χ2v) is 5.86. The first-order valence-corrected chi connectivity index (χ1v) is 8.86. The smallest absolute Gasteiger partial charge is 0.395 e. The van der Waals surface area contributed by atoms with Crippen molar-refractivity contribution in [2.24, 2.45) is 0 Å². The Hall–Kier alpha value is -3.30. The summed E-state index contributed by atoms with van der Waals surface area (Å²) in [6.45, 7) is 0.899. The number of anilines is 1. The number of hydrogen-bond acceptors (Lipinski definition) is 6. The highest BCUT2D eigenvalue weighted by Gasteiger charge is 2.11. The van der Waals surface area contributed by atoms with Crippen molar-refractivity contribution in [2.75, 3.05) is 32.6 Å². The number of hydrogen-bond donors (Lipinski definition) is 4. The number of ether oxygens (including phenoxy) is 1. The minimum Gasteiger partial charge on any atom is -0.504 e. The molecule has 0 atom stereocenters. The minimum atomic E-state index is -0.395. The van der Waals surface area contributed by atoms with Crippen LogP contribution in [0.1, 0.15) is 15.9 Å². The van der Waals surface area contributed by atoms with E-state index in [2.05, 4.69) is 15.9 Å². The number of carbonyl (C=O) groups is 2. The van der Waals surface area contributed by atoms with E-state index in [0.717, 1.165) is 0 Å². The predicted octanol–water partition coefficient (Wildman–Crippen LogP) is 1.55. The Bertz CT molecular complexity index is 873. The summed E-state index contributed by atoms with van der Waals surface area (Å²) in [6.07, 6.45) is 2.92. The standard InChI is InChI=1S/C20H23BN3O5/c1-28-18-13-14(7-9-17(18)25)8-10-19(26)24-16-6-4-3-5-15(16)20(27)22-11-12-23-21-29-2/h3-10,13,23,25H,11-12H2,1-2H3,(H,22,27)(H,24,26)/b10-8+. The summed E-state index contributed by atoms with van der Waals surface area (Å²) >= 11 is 0. The van der Waals surface area contributed by atoms with Gasteiger partial charge in [-0.3, -0.25) is 9.59 Å². The number of aromatic hydroxyl groups is 1. The van der Waals surface area contributed by atoms with Gasteiger partial charge in [0.1, 0.15) is 0 Å². The zero-order valence-corrected chi connectivity index (χ0v) is 16.3. The first-order valence-electron chi connectivity index (χ1n) is 8.86. The topological polar surface area (TPSA) is 109 Å². The van der Waals surface area contributed by atoms with Crippen LogP contribution in [0.15, 0.2) is 48.5 Å². The number of para-hydroxylation sites is 1. The van der Waals surface area contributed by atoms with Gasteiger partial charge in [0.15, 0.2) is 11.5 Å². The number of phenolic OH excluding ortho intramolecular Hbond substituents is 1. The lowest BCUT2D eigenvalue weighted by Crippen LogP contribution is -2.34. The van der Waals surface area contributed by atoms with Crippen LogP contribution in [0.3, 0.4) is 0 Å². The second-order valence-electron chi connectivity index (χ2n) is 5.86. The second kappa shape index (κ2) is 11.5. The van der Waals surface area contributed by atoms with E-state index in [1.165, 1.54) is 34.0 Å². The third-order valence-electron chi connectivity index (χ3n) is 3.82. The molecule has 0 aliphatic rings. The third-order valence-corrected chi connectivity index (χ3v) is 3.82. The molecule has 0 saturated carbocycles. The van der Waals surface area contributed by atoms with Gasteiger partial charge in [0.05, 0.1) is 18.4 Å². The Kier molecular flexibility index (Phi) is 8.74. The maximum Gasteiger partial charge on any atom is 0.395 e. The van der Waals surface area contributed by atoms with Crippen molar-refractivity contribution < 1.29 is 24.1 Å². The lowest BCUT2D eigenvalue weighted by Gasteiger charge is -2.10. The fourth-order valence-electron chi connectivity index (χ4n) is 2.42. The largest absolute Gasteiger partial charge is 0.504 e. The summed E-state index contributed by atoms with van der Waals surface area (Å²) in [5.74, 6) is -0.363. The molecular formula is C20H23BN3O5. The monoisotopic (exact) mass is 396 g/mol. The van der Waals surface area contributed by atoms with Crippen molar-refractivity contribution in [3.8, 4) is 11.5 Å². The van der Waals surface area contributed by atoms with E-state index in [-0.39, 0.29) is 11.7 Å². The van der Waals surface area contributed by atoms with Crippen LogP contribution in [0.25, 0.3) is 6.08 Å². The van der Waals surface area contributed by atoms with E-state index in [0.29, 0.717) is 35.7 Å². The number of rotatable bonds is 10. The van der Waals surface area contributed by atoms with Crippen LogP contribution < -0.4 is 20.6 Å². The van der Waals surface area contributed by atoms with E-state index < -0.39 is 5.91 Å². The summed E-state index contributed by atoms with van der Waals surface area (Å²) in [7, 11) is 4.40. The van der Waals surface area contributed by atoms with Crippen molar-refractivity contribution in [3.05, 3.63) is 59.7 Å². The van der Waals surface area contributed by atoms with Gasteiger partial charge in [-0.05, 0) is 35.9 Å². The molecule has 0 aliphatic heterocycles. The maximum atomic E-state index is 12.4. The van der Waals surface area contributed by atoms with E-state index in [9.17, 15) is 14.7 Å². The number of amides is 2. The van der Waals surface area contributed by atoms with Crippen molar-refractivity contribution in [3.63, 3.8) is 0 Å². The van der Waals surface area contributed by atoms with E-state index >= 15 is 0 Å². The van der Waals surface area contributed by atoms with Gasteiger partial charge >= 0.3 is 7.62 Å². The molecule has 2 aromatic carbocycles. The van der Waals surface area contributed by atoms with Crippen molar-refractivity contribution in [1.82, 2.24) is 10.5 Å². The normalized spacial score (nSPS) is 10.6. The Morgan fingerprint density at radius 2 is 1.93 bits per heavy atom. The van der Waals surface area contributed by atoms with Gasteiger partial charge in [-0.25, -0.2) is 0 Å². The number of carbonyl (C=O) groups excluding carboxylic acids is 2. The number of nitrogens with one attached hydrogen (secondary N) is 3. The lowest BCUT2D eigenvalue weighted by molar-refractivity contribution is -0.111. The van der Waals surface area contributed by atoms with Gasteiger partial charge in [-0.1, -0.05) is 18.2 Å². The molecular weight excluding hydrogens is 373 g/mol. The Labute approximate surface area is 170 Å². The molecule has 0 aliphatic carbocycles. The zero-order chi connectivity index (χ0) is 21.1. The van der Waals surface area contributed by atoms with Crippen LogP contribution in [-0.2, 0) is 9.45 Å². The van der Waals surface area contributed by atoms with Crippen LogP contribution >= 0.6 is 0 Å². The molecule has 2 aromatic rings. The number of benzene rings is 2. The van der Waals surface area contributed by atoms with Crippen LogP contribution in [0, 0.1) is 0 Å². The number of phenols is 1. The predicted molar refractivity (Wildman–Crippen MR) is 112 cm³/mol. The molecule has 0 heterocycles. The zero-order valence-electron chi connectivity index (χ0n) is 16.3. The molecule has 2 amide bonds. The lowest BCUT2D eigenvalue weighted by atomic mass is 10.1. The molecule has 9 heteroatoms. The van der Waals surface area contributed by atoms with Crippen molar-refractivity contribution in [2.45, 2.75) is 0 Å². The van der Waals surface area contributed by atoms with Gasteiger partial charge < -0.3 is 30.4 Å². The molecule has 151 valence electrons. The molecule has 4 N–H and O–H groups in total. The molecule has 0 unspecified atom stereocenters. The Morgan fingerprint density at radius 3 is 2.69 bits per heavy atom. The quantitative estimate of drug-likeness (QED) is 0.276. The minimum absolute atomic E-state index is 0.0179. The highest BCUT2D eigenvalue weighted by atomic mass is 16.5. The molecule has 0 saturated heterocycles. The molecule has 8 nitrogen and oxygen atoms in total. The summed E-state index contributed by atoms with van der Waals surface area (Å²) in [6, 6.07) is 11.5. The molecule has 0 aromatic heterocycles. The molecule has 29 heavy (non-hydrogen) atoms. The van der Waals surface area contributed by atoms with Crippen molar-refractivity contribution >= 4 is 31.2 Å². The molecule has 0 spiro atoms. The van der Waals surface area contributed by atoms with E-state index in [1.807, 2.05) is 0 Å². The fourth-order valence-corrected chi connectivity index (χ4v) is 2.42. The highest BCUT2D eigenvalue weighted by molar-refractivity contribution is 6.23.